The van der Waals surface area contributed by atoms with Gasteiger partial charge in [0.2, 0.25) is 5.91 Å². The first-order valence-electron chi connectivity index (χ1n) is 7.65. The number of carbonyl (C=O) groups excluding carboxylic acids is 1. The van der Waals surface area contributed by atoms with Crippen molar-refractivity contribution in [3.63, 3.8) is 0 Å². The Hall–Kier alpha value is -0.690. The first-order chi connectivity index (χ1) is 9.58. The summed E-state index contributed by atoms with van der Waals surface area (Å²) in [4.78, 5) is 15.6. The van der Waals surface area contributed by atoms with Gasteiger partial charge in [0, 0.05) is 33.1 Å². The van der Waals surface area contributed by atoms with E-state index in [1.165, 1.54) is 26.2 Å². The molecule has 2 aliphatic rings. The second-order valence-electron chi connectivity index (χ2n) is 5.96. The molecule has 6 nitrogen and oxygen atoms in total. The van der Waals surface area contributed by atoms with E-state index >= 15 is 0 Å². The monoisotopic (exact) mass is 285 g/mol. The highest BCUT2D eigenvalue weighted by molar-refractivity contribution is 5.72. The normalized spacial score (nSPS) is 32.5. The number of β-amino-alcohol motifs (C(OH)–C–C–N with tert-alkyl or cyclic N) is 1. The molecule has 0 bridgehead atoms. The van der Waals surface area contributed by atoms with E-state index in [9.17, 15) is 15.0 Å². The fraction of sp³-hybridized carbons (Fsp3) is 0.929. The highest BCUT2D eigenvalue weighted by Gasteiger charge is 2.39. The van der Waals surface area contributed by atoms with Crippen molar-refractivity contribution in [2.24, 2.45) is 0 Å². The molecule has 116 valence electrons. The van der Waals surface area contributed by atoms with Gasteiger partial charge >= 0.3 is 0 Å². The Labute approximate surface area is 120 Å². The highest BCUT2D eigenvalue weighted by atomic mass is 16.3. The third-order valence-electron chi connectivity index (χ3n) is 4.39. The number of hydrogen-bond donors (Lipinski definition) is 3. The van der Waals surface area contributed by atoms with Crippen molar-refractivity contribution in [1.29, 1.82) is 0 Å². The van der Waals surface area contributed by atoms with Crippen molar-refractivity contribution in [2.45, 2.75) is 44.4 Å². The van der Waals surface area contributed by atoms with Crippen LogP contribution in [-0.2, 0) is 4.79 Å². The maximum absolute atomic E-state index is 11.0. The van der Waals surface area contributed by atoms with Crippen LogP contribution in [0.3, 0.4) is 0 Å². The lowest BCUT2D eigenvalue weighted by Gasteiger charge is -2.31. The van der Waals surface area contributed by atoms with Crippen LogP contribution in [0.25, 0.3) is 0 Å². The Balaban J connectivity index is 1.82. The van der Waals surface area contributed by atoms with Crippen LogP contribution in [0.5, 0.6) is 0 Å². The fourth-order valence-electron chi connectivity index (χ4n) is 3.16. The number of likely N-dealkylation sites (tertiary alicyclic amines) is 2. The van der Waals surface area contributed by atoms with Gasteiger partial charge < -0.3 is 20.4 Å². The summed E-state index contributed by atoms with van der Waals surface area (Å²) in [7, 11) is 0. The van der Waals surface area contributed by atoms with E-state index in [2.05, 4.69) is 15.1 Å². The van der Waals surface area contributed by atoms with Crippen molar-refractivity contribution in [3.8, 4) is 0 Å². The van der Waals surface area contributed by atoms with Gasteiger partial charge in [-0.2, -0.15) is 0 Å². The lowest BCUT2D eigenvalue weighted by molar-refractivity contribution is -0.119. The Bertz CT molecular complexity index is 321. The molecule has 0 unspecified atom stereocenters. The van der Waals surface area contributed by atoms with Gasteiger partial charge in [-0.05, 0) is 25.9 Å². The van der Waals surface area contributed by atoms with E-state index in [4.69, 9.17) is 0 Å². The second-order valence-corrected chi connectivity index (χ2v) is 5.96. The van der Waals surface area contributed by atoms with Crippen LogP contribution in [0.2, 0.25) is 0 Å². The third-order valence-corrected chi connectivity index (χ3v) is 4.39. The minimum absolute atomic E-state index is 0.102. The average Bonchev–Trinajstić information content (AvgIpc) is 2.71. The molecule has 0 spiro atoms. The number of amides is 1. The van der Waals surface area contributed by atoms with E-state index in [0.29, 0.717) is 13.1 Å². The quantitative estimate of drug-likeness (QED) is 0.605. The molecule has 1 amide bonds. The van der Waals surface area contributed by atoms with Crippen LogP contribution in [0.1, 0.15) is 26.2 Å². The van der Waals surface area contributed by atoms with Crippen molar-refractivity contribution < 1.29 is 15.0 Å². The van der Waals surface area contributed by atoms with E-state index in [1.807, 2.05) is 0 Å². The molecule has 0 aromatic rings. The predicted molar refractivity (Wildman–Crippen MR) is 76.3 cm³/mol. The number of nitrogens with one attached hydrogen (secondary N) is 1. The van der Waals surface area contributed by atoms with Gasteiger partial charge in [0.15, 0.2) is 0 Å². The Kier molecular flexibility index (Phi) is 5.77. The molecule has 6 heteroatoms. The van der Waals surface area contributed by atoms with Gasteiger partial charge in [0.25, 0.3) is 0 Å². The summed E-state index contributed by atoms with van der Waals surface area (Å²) in [6.07, 6.45) is 2.36. The van der Waals surface area contributed by atoms with Gasteiger partial charge in [0.05, 0.1) is 18.2 Å². The van der Waals surface area contributed by atoms with Gasteiger partial charge in [-0.25, -0.2) is 0 Å². The maximum Gasteiger partial charge on any atom is 0.216 e. The number of nitrogens with zero attached hydrogens (tertiary/aromatic N) is 2. The third kappa shape index (κ3) is 4.15. The Morgan fingerprint density at radius 2 is 1.90 bits per heavy atom. The summed E-state index contributed by atoms with van der Waals surface area (Å²) in [5.74, 6) is -0.102. The zero-order chi connectivity index (χ0) is 14.5. The Morgan fingerprint density at radius 1 is 1.20 bits per heavy atom. The van der Waals surface area contributed by atoms with Gasteiger partial charge in [0.1, 0.15) is 0 Å². The fourth-order valence-corrected chi connectivity index (χ4v) is 3.16. The zero-order valence-corrected chi connectivity index (χ0v) is 12.3. The van der Waals surface area contributed by atoms with Crippen molar-refractivity contribution in [1.82, 2.24) is 15.1 Å². The number of hydrogen-bond acceptors (Lipinski definition) is 5. The number of rotatable bonds is 5. The molecule has 0 saturated carbocycles. The van der Waals surface area contributed by atoms with E-state index in [0.717, 1.165) is 26.2 Å². The molecule has 0 aromatic heterocycles. The largest absolute Gasteiger partial charge is 0.389 e. The van der Waals surface area contributed by atoms with Crippen molar-refractivity contribution in [3.05, 3.63) is 0 Å². The summed E-state index contributed by atoms with van der Waals surface area (Å²) >= 11 is 0. The van der Waals surface area contributed by atoms with Crippen LogP contribution in [-0.4, -0.2) is 83.4 Å². The SMILES string of the molecule is CC(=O)NC[C@H]1[C@@H](O)[C@@H](O)CN1CCN1CCCCC1. The number of carbonyl (C=O) groups is 1. The van der Waals surface area contributed by atoms with Crippen LogP contribution in [0.4, 0.5) is 0 Å². The molecule has 2 saturated heterocycles. The minimum atomic E-state index is -0.775. The molecule has 3 atom stereocenters. The van der Waals surface area contributed by atoms with Crippen LogP contribution < -0.4 is 5.32 Å². The van der Waals surface area contributed by atoms with E-state index < -0.39 is 12.2 Å². The summed E-state index contributed by atoms with van der Waals surface area (Å²) in [6, 6.07) is -0.182. The highest BCUT2D eigenvalue weighted by Crippen LogP contribution is 2.18. The molecule has 0 radical (unpaired) electrons. The molecule has 0 aliphatic carbocycles. The van der Waals surface area contributed by atoms with Crippen LogP contribution in [0.15, 0.2) is 0 Å². The van der Waals surface area contributed by atoms with Gasteiger partial charge in [-0.15, -0.1) is 0 Å². The lowest BCUT2D eigenvalue weighted by atomic mass is 10.1. The molecule has 2 aliphatic heterocycles. The standard InChI is InChI=1S/C14H27N3O3/c1-11(18)15-9-12-14(20)13(19)10-17(12)8-7-16-5-3-2-4-6-16/h12-14,19-20H,2-10H2,1H3,(H,15,18)/t12-,13-,14+/m0/s1. The first kappa shape index (κ1) is 15.7. The molecule has 2 heterocycles. The summed E-state index contributed by atoms with van der Waals surface area (Å²) in [6.45, 7) is 6.45. The first-order valence-corrected chi connectivity index (χ1v) is 7.65. The topological polar surface area (TPSA) is 76.0 Å². The minimum Gasteiger partial charge on any atom is -0.389 e. The maximum atomic E-state index is 11.0. The molecular weight excluding hydrogens is 258 g/mol. The summed E-state index contributed by atoms with van der Waals surface area (Å²) in [5, 5.41) is 22.6. The number of aliphatic hydroxyl groups excluding tert-OH is 2. The van der Waals surface area contributed by atoms with Crippen molar-refractivity contribution in [2.75, 3.05) is 39.3 Å². The van der Waals surface area contributed by atoms with Crippen LogP contribution in [0, 0.1) is 0 Å². The second kappa shape index (κ2) is 7.36. The molecule has 0 aromatic carbocycles. The average molecular weight is 285 g/mol. The number of piperidine rings is 1. The Morgan fingerprint density at radius 3 is 2.55 bits per heavy atom. The molecule has 20 heavy (non-hydrogen) atoms. The van der Waals surface area contributed by atoms with Crippen LogP contribution >= 0.6 is 0 Å². The lowest BCUT2D eigenvalue weighted by Crippen LogP contribution is -2.47. The zero-order valence-electron chi connectivity index (χ0n) is 12.3. The van der Waals surface area contributed by atoms with E-state index in [-0.39, 0.29) is 11.9 Å². The smallest absolute Gasteiger partial charge is 0.216 e. The van der Waals surface area contributed by atoms with Gasteiger partial charge in [-0.1, -0.05) is 6.42 Å². The summed E-state index contributed by atoms with van der Waals surface area (Å²) in [5.41, 5.74) is 0. The van der Waals surface area contributed by atoms with Crippen molar-refractivity contribution >= 4 is 5.91 Å². The molecule has 3 N–H and O–H groups in total. The van der Waals surface area contributed by atoms with E-state index in [1.54, 1.807) is 0 Å². The van der Waals surface area contributed by atoms with Gasteiger partial charge in [-0.3, -0.25) is 9.69 Å². The number of aliphatic hydroxyl groups is 2. The molecule has 2 fully saturated rings. The molecular formula is C14H27N3O3. The summed E-state index contributed by atoms with van der Waals surface area (Å²) < 4.78 is 0. The molecule has 2 rings (SSSR count). The predicted octanol–water partition coefficient (Wildman–Crippen LogP) is -0.986.